The molecule has 1 aromatic carbocycles. The summed E-state index contributed by atoms with van der Waals surface area (Å²) in [4.78, 5) is 23.4. The van der Waals surface area contributed by atoms with E-state index in [-0.39, 0.29) is 17.9 Å². The van der Waals surface area contributed by atoms with Crippen molar-refractivity contribution in [2.24, 2.45) is 11.8 Å². The van der Waals surface area contributed by atoms with Crippen LogP contribution in [0.25, 0.3) is 0 Å². The number of hydrogen-bond donors (Lipinski definition) is 2. The van der Waals surface area contributed by atoms with Crippen molar-refractivity contribution in [3.05, 3.63) is 42.5 Å². The largest absolute Gasteiger partial charge is 0.490 e. The highest BCUT2D eigenvalue weighted by Crippen LogP contribution is 2.29. The van der Waals surface area contributed by atoms with Crippen molar-refractivity contribution in [1.82, 2.24) is 5.32 Å². The number of ether oxygens (including phenoxy) is 1. The van der Waals surface area contributed by atoms with Gasteiger partial charge in [0.15, 0.2) is 0 Å². The lowest BCUT2D eigenvalue weighted by Crippen LogP contribution is -2.32. The van der Waals surface area contributed by atoms with Crippen molar-refractivity contribution in [2.45, 2.75) is 77.4 Å². The fourth-order valence-electron chi connectivity index (χ4n) is 4.15. The first-order chi connectivity index (χ1) is 14.0. The topological polar surface area (TPSA) is 75.6 Å². The Morgan fingerprint density at radius 3 is 2.28 bits per heavy atom. The molecular formula is C24H35NO4. The van der Waals surface area contributed by atoms with Crippen LogP contribution in [0, 0.1) is 11.8 Å². The van der Waals surface area contributed by atoms with Gasteiger partial charge in [-0.15, -0.1) is 6.58 Å². The fraction of sp³-hybridized carbons (Fsp3) is 0.583. The minimum Gasteiger partial charge on any atom is -0.490 e. The monoisotopic (exact) mass is 401 g/mol. The van der Waals surface area contributed by atoms with E-state index in [4.69, 9.17) is 9.84 Å². The molecule has 3 rings (SSSR count). The van der Waals surface area contributed by atoms with Gasteiger partial charge in [0.2, 0.25) is 0 Å². The van der Waals surface area contributed by atoms with Gasteiger partial charge in [-0.1, -0.05) is 19.4 Å². The summed E-state index contributed by atoms with van der Waals surface area (Å²) >= 11 is 0. The molecule has 0 aromatic heterocycles. The molecule has 0 radical (unpaired) electrons. The van der Waals surface area contributed by atoms with Gasteiger partial charge in [-0.25, -0.2) is 0 Å². The number of carbonyl (C=O) groups is 2. The average molecular weight is 402 g/mol. The predicted molar refractivity (Wildman–Crippen MR) is 115 cm³/mol. The quantitative estimate of drug-likeness (QED) is 0.642. The van der Waals surface area contributed by atoms with Crippen LogP contribution in [0.5, 0.6) is 5.75 Å². The number of aliphatic carboxylic acids is 1. The van der Waals surface area contributed by atoms with E-state index in [0.717, 1.165) is 37.4 Å². The fourth-order valence-corrected chi connectivity index (χ4v) is 4.15. The summed E-state index contributed by atoms with van der Waals surface area (Å²) in [5, 5.41) is 12.2. The van der Waals surface area contributed by atoms with E-state index in [0.29, 0.717) is 24.4 Å². The molecule has 2 atom stereocenters. The first kappa shape index (κ1) is 23.0. The van der Waals surface area contributed by atoms with Gasteiger partial charge in [0.25, 0.3) is 5.91 Å². The Kier molecular flexibility index (Phi) is 9.23. The van der Waals surface area contributed by atoms with Crippen molar-refractivity contribution < 1.29 is 19.4 Å². The normalized spacial score (nSPS) is 26.0. The Labute approximate surface area is 174 Å². The van der Waals surface area contributed by atoms with Crippen LogP contribution in [0.1, 0.15) is 75.6 Å². The minimum atomic E-state index is -0.702. The van der Waals surface area contributed by atoms with E-state index in [1.165, 1.54) is 12.8 Å². The molecule has 2 N–H and O–H groups in total. The highest BCUT2D eigenvalue weighted by atomic mass is 16.5. The summed E-state index contributed by atoms with van der Waals surface area (Å²) in [6.45, 7) is 7.46. The molecule has 0 saturated heterocycles. The van der Waals surface area contributed by atoms with Crippen molar-refractivity contribution >= 4 is 11.9 Å². The molecule has 0 heterocycles. The maximum absolute atomic E-state index is 12.4. The van der Waals surface area contributed by atoms with Gasteiger partial charge in [0.05, 0.1) is 12.0 Å². The smallest absolute Gasteiger partial charge is 0.306 e. The maximum Gasteiger partial charge on any atom is 0.306 e. The van der Waals surface area contributed by atoms with Crippen LogP contribution in [-0.2, 0) is 4.79 Å². The number of nitrogens with one attached hydrogen (secondary N) is 1. The third-order valence-electron chi connectivity index (χ3n) is 5.90. The van der Waals surface area contributed by atoms with Crippen LogP contribution in [-0.4, -0.2) is 29.1 Å². The molecule has 2 fully saturated rings. The summed E-state index contributed by atoms with van der Waals surface area (Å²) in [5.74, 6) is 0.537. The molecule has 1 aromatic rings. The standard InChI is InChI=1S/C21H29NO4.C3H6/c1-2-14-3-8-17(13-14)22-20(23)15-4-9-18(10-5-15)26-19-11-6-16(7-12-19)21(24)25;1-3-2/h4-5,9-10,14,16-17,19H,2-3,6-8,11-13H2,1H3,(H,22,23)(H,24,25);3H,1H2,2H3. The number of carboxylic acid groups (broad SMARTS) is 1. The summed E-state index contributed by atoms with van der Waals surface area (Å²) in [5.41, 5.74) is 0.659. The summed E-state index contributed by atoms with van der Waals surface area (Å²) < 4.78 is 5.96. The van der Waals surface area contributed by atoms with Crippen LogP contribution >= 0.6 is 0 Å². The maximum atomic E-state index is 12.4. The average Bonchev–Trinajstić information content (AvgIpc) is 3.17. The Morgan fingerprint density at radius 2 is 1.76 bits per heavy atom. The molecule has 0 aliphatic heterocycles. The molecule has 0 spiro atoms. The lowest BCUT2D eigenvalue weighted by molar-refractivity contribution is -0.143. The summed E-state index contributed by atoms with van der Waals surface area (Å²) in [7, 11) is 0. The van der Waals surface area contributed by atoms with Crippen molar-refractivity contribution in [3.8, 4) is 5.75 Å². The van der Waals surface area contributed by atoms with Crippen LogP contribution in [0.15, 0.2) is 36.9 Å². The number of carbonyl (C=O) groups excluding carboxylic acids is 1. The Balaban J connectivity index is 0.000000941. The lowest BCUT2D eigenvalue weighted by Gasteiger charge is -2.26. The van der Waals surface area contributed by atoms with Crippen molar-refractivity contribution in [2.75, 3.05) is 0 Å². The zero-order chi connectivity index (χ0) is 21.2. The lowest BCUT2D eigenvalue weighted by atomic mass is 9.87. The molecule has 2 aliphatic carbocycles. The number of allylic oxidation sites excluding steroid dienone is 1. The van der Waals surface area contributed by atoms with E-state index in [1.807, 2.05) is 19.1 Å². The first-order valence-electron chi connectivity index (χ1n) is 10.8. The van der Waals surface area contributed by atoms with Gasteiger partial charge in [-0.2, -0.15) is 0 Å². The molecule has 29 heavy (non-hydrogen) atoms. The molecular weight excluding hydrogens is 366 g/mol. The van der Waals surface area contributed by atoms with E-state index in [1.54, 1.807) is 18.2 Å². The molecule has 2 unspecified atom stereocenters. The zero-order valence-electron chi connectivity index (χ0n) is 17.7. The highest BCUT2D eigenvalue weighted by molar-refractivity contribution is 5.94. The van der Waals surface area contributed by atoms with Gasteiger partial charge in [-0.05, 0) is 82.1 Å². The molecule has 2 aliphatic rings. The van der Waals surface area contributed by atoms with Crippen molar-refractivity contribution in [3.63, 3.8) is 0 Å². The summed E-state index contributed by atoms with van der Waals surface area (Å²) in [6, 6.07) is 7.58. The molecule has 0 bridgehead atoms. The highest BCUT2D eigenvalue weighted by Gasteiger charge is 2.27. The van der Waals surface area contributed by atoms with E-state index < -0.39 is 5.97 Å². The number of hydrogen-bond acceptors (Lipinski definition) is 3. The van der Waals surface area contributed by atoms with E-state index >= 15 is 0 Å². The Morgan fingerprint density at radius 1 is 1.14 bits per heavy atom. The molecule has 5 nitrogen and oxygen atoms in total. The van der Waals surface area contributed by atoms with Crippen LogP contribution in [0.2, 0.25) is 0 Å². The minimum absolute atomic E-state index is 0.0136. The van der Waals surface area contributed by atoms with Gasteiger partial charge in [-0.3, -0.25) is 9.59 Å². The van der Waals surface area contributed by atoms with Gasteiger partial charge in [0, 0.05) is 11.6 Å². The van der Waals surface area contributed by atoms with Gasteiger partial charge in [0.1, 0.15) is 5.75 Å². The first-order valence-corrected chi connectivity index (χ1v) is 10.8. The van der Waals surface area contributed by atoms with Gasteiger partial charge >= 0.3 is 5.97 Å². The SMILES string of the molecule is C=CC.CCC1CCC(NC(=O)c2ccc(OC3CCC(C(=O)O)CC3)cc2)C1. The van der Waals surface area contributed by atoms with E-state index in [2.05, 4.69) is 18.8 Å². The third-order valence-corrected chi connectivity index (χ3v) is 5.90. The number of rotatable bonds is 6. The second kappa shape index (κ2) is 11.6. The predicted octanol–water partition coefficient (Wildman–Crippen LogP) is 5.21. The van der Waals surface area contributed by atoms with Crippen LogP contribution in [0.4, 0.5) is 0 Å². The molecule has 2 saturated carbocycles. The van der Waals surface area contributed by atoms with Crippen LogP contribution in [0.3, 0.4) is 0 Å². The third kappa shape index (κ3) is 7.22. The Bertz CT molecular complexity index is 662. The number of amides is 1. The summed E-state index contributed by atoms with van der Waals surface area (Å²) in [6.07, 6.45) is 9.23. The molecule has 5 heteroatoms. The van der Waals surface area contributed by atoms with Crippen LogP contribution < -0.4 is 10.1 Å². The number of carboxylic acids is 1. The Hall–Kier alpha value is -2.30. The second-order valence-electron chi connectivity index (χ2n) is 8.12. The van der Waals surface area contributed by atoms with E-state index in [9.17, 15) is 9.59 Å². The molecule has 1 amide bonds. The van der Waals surface area contributed by atoms with Crippen molar-refractivity contribution in [1.29, 1.82) is 0 Å². The zero-order valence-corrected chi connectivity index (χ0v) is 17.7. The second-order valence-corrected chi connectivity index (χ2v) is 8.12. The van der Waals surface area contributed by atoms with Gasteiger partial charge < -0.3 is 15.2 Å². The number of benzene rings is 1. The molecule has 160 valence electrons.